The van der Waals surface area contributed by atoms with E-state index in [0.29, 0.717) is 12.2 Å². The van der Waals surface area contributed by atoms with Crippen LogP contribution in [0.25, 0.3) is 11.0 Å². The fraction of sp³-hybridized carbons (Fsp3) is 0.625. The molecular formula is C24H34O3. The molecule has 0 aliphatic heterocycles. The molecule has 0 saturated heterocycles. The van der Waals surface area contributed by atoms with Gasteiger partial charge in [-0.1, -0.05) is 60.3 Å². The third-order valence-corrected chi connectivity index (χ3v) is 6.03. The van der Waals surface area contributed by atoms with Gasteiger partial charge < -0.3 is 9.15 Å². The summed E-state index contributed by atoms with van der Waals surface area (Å²) in [5.41, 5.74) is 3.13. The number of unbranched alkanes of at least 4 members (excludes halogenated alkanes) is 3. The molecule has 148 valence electrons. The molecule has 0 atom stereocenters. The SMILES string of the molecule is CCCCCCC(C)(C)c1cc(OC)cc2oc3c(c12)CC(C)(C)CC3=O. The van der Waals surface area contributed by atoms with Gasteiger partial charge in [-0.15, -0.1) is 0 Å². The quantitative estimate of drug-likeness (QED) is 0.501. The molecule has 3 rings (SSSR count). The highest BCUT2D eigenvalue weighted by atomic mass is 16.5. The van der Waals surface area contributed by atoms with E-state index in [1.807, 2.05) is 6.07 Å². The Morgan fingerprint density at radius 1 is 1.15 bits per heavy atom. The van der Waals surface area contributed by atoms with E-state index in [4.69, 9.17) is 9.15 Å². The summed E-state index contributed by atoms with van der Waals surface area (Å²) in [5.74, 6) is 1.50. The van der Waals surface area contributed by atoms with Crippen LogP contribution in [0.5, 0.6) is 5.75 Å². The number of carbonyl (C=O) groups excluding carboxylic acids is 1. The van der Waals surface area contributed by atoms with Crippen LogP contribution in [0, 0.1) is 5.41 Å². The normalized spacial score (nSPS) is 16.6. The Hall–Kier alpha value is -1.77. The van der Waals surface area contributed by atoms with E-state index in [1.54, 1.807) is 7.11 Å². The Bertz CT molecular complexity index is 839. The highest BCUT2D eigenvalue weighted by molar-refractivity contribution is 6.03. The van der Waals surface area contributed by atoms with E-state index in [0.717, 1.165) is 35.1 Å². The number of furan rings is 1. The molecule has 1 aromatic heterocycles. The number of rotatable bonds is 7. The van der Waals surface area contributed by atoms with E-state index >= 15 is 0 Å². The van der Waals surface area contributed by atoms with Crippen molar-refractivity contribution in [1.29, 1.82) is 0 Å². The van der Waals surface area contributed by atoms with Crippen LogP contribution in [0.15, 0.2) is 16.5 Å². The van der Waals surface area contributed by atoms with Crippen LogP contribution >= 0.6 is 0 Å². The summed E-state index contributed by atoms with van der Waals surface area (Å²) < 4.78 is 11.6. The molecule has 2 aromatic rings. The minimum absolute atomic E-state index is 0.00279. The van der Waals surface area contributed by atoms with Gasteiger partial charge in [0.25, 0.3) is 0 Å². The number of benzene rings is 1. The van der Waals surface area contributed by atoms with E-state index in [9.17, 15) is 4.79 Å². The lowest BCUT2D eigenvalue weighted by molar-refractivity contribution is 0.0883. The van der Waals surface area contributed by atoms with E-state index in [1.165, 1.54) is 31.2 Å². The predicted octanol–water partition coefficient (Wildman–Crippen LogP) is 6.84. The topological polar surface area (TPSA) is 39.4 Å². The van der Waals surface area contributed by atoms with Crippen molar-refractivity contribution in [2.45, 2.75) is 85.0 Å². The van der Waals surface area contributed by atoms with Gasteiger partial charge in [-0.25, -0.2) is 0 Å². The number of methoxy groups -OCH3 is 1. The zero-order valence-corrected chi connectivity index (χ0v) is 17.8. The Balaban J connectivity index is 2.12. The van der Waals surface area contributed by atoms with Gasteiger partial charge in [0.1, 0.15) is 11.3 Å². The third-order valence-electron chi connectivity index (χ3n) is 6.03. The highest BCUT2D eigenvalue weighted by Crippen LogP contribution is 2.45. The van der Waals surface area contributed by atoms with E-state index in [-0.39, 0.29) is 16.6 Å². The molecule has 3 heteroatoms. The lowest BCUT2D eigenvalue weighted by Gasteiger charge is -2.30. The number of ketones is 1. The second-order valence-corrected chi connectivity index (χ2v) is 9.59. The fourth-order valence-electron chi connectivity index (χ4n) is 4.50. The van der Waals surface area contributed by atoms with Crippen LogP contribution in [-0.4, -0.2) is 12.9 Å². The van der Waals surface area contributed by atoms with Crippen LogP contribution in [0.4, 0.5) is 0 Å². The number of fused-ring (bicyclic) bond motifs is 3. The predicted molar refractivity (Wildman–Crippen MR) is 111 cm³/mol. The van der Waals surface area contributed by atoms with Gasteiger partial charge in [-0.2, -0.15) is 0 Å². The van der Waals surface area contributed by atoms with E-state index in [2.05, 4.69) is 40.7 Å². The summed E-state index contributed by atoms with van der Waals surface area (Å²) in [6.07, 6.45) is 7.56. The smallest absolute Gasteiger partial charge is 0.198 e. The van der Waals surface area contributed by atoms with Crippen LogP contribution < -0.4 is 4.74 Å². The number of carbonyl (C=O) groups is 1. The molecule has 1 aromatic carbocycles. The van der Waals surface area contributed by atoms with Crippen molar-refractivity contribution < 1.29 is 13.9 Å². The summed E-state index contributed by atoms with van der Waals surface area (Å²) >= 11 is 0. The van der Waals surface area contributed by atoms with Crippen molar-refractivity contribution in [3.63, 3.8) is 0 Å². The first-order valence-corrected chi connectivity index (χ1v) is 10.4. The summed E-state index contributed by atoms with van der Waals surface area (Å²) in [6.45, 7) is 11.2. The highest BCUT2D eigenvalue weighted by Gasteiger charge is 2.37. The standard InChI is InChI=1S/C24H34O3/c1-7-8-9-10-11-24(4,5)18-12-16(26-6)13-20-21(18)17-14-23(2,3)15-19(25)22(17)27-20/h12-13H,7-11,14-15H2,1-6H3. The minimum atomic E-state index is -0.0245. The summed E-state index contributed by atoms with van der Waals surface area (Å²) in [6, 6.07) is 4.09. The van der Waals surface area contributed by atoms with Crippen molar-refractivity contribution in [2.75, 3.05) is 7.11 Å². The molecule has 0 amide bonds. The molecule has 0 radical (unpaired) electrons. The molecule has 0 spiro atoms. The molecule has 0 unspecified atom stereocenters. The van der Waals surface area contributed by atoms with Crippen LogP contribution in [-0.2, 0) is 11.8 Å². The second kappa shape index (κ2) is 7.33. The van der Waals surface area contributed by atoms with Gasteiger partial charge in [-0.05, 0) is 35.3 Å². The largest absolute Gasteiger partial charge is 0.497 e. The van der Waals surface area contributed by atoms with E-state index < -0.39 is 0 Å². The molecule has 1 aliphatic rings. The first kappa shape index (κ1) is 20.0. The Morgan fingerprint density at radius 3 is 2.56 bits per heavy atom. The van der Waals surface area contributed by atoms with Gasteiger partial charge in [0.2, 0.25) is 0 Å². The summed E-state index contributed by atoms with van der Waals surface area (Å²) in [7, 11) is 1.69. The number of hydrogen-bond donors (Lipinski definition) is 0. The van der Waals surface area contributed by atoms with Gasteiger partial charge in [-0.3, -0.25) is 4.79 Å². The monoisotopic (exact) mass is 370 g/mol. The van der Waals surface area contributed by atoms with Gasteiger partial charge >= 0.3 is 0 Å². The molecule has 27 heavy (non-hydrogen) atoms. The maximum atomic E-state index is 12.7. The Kier molecular flexibility index (Phi) is 5.42. The van der Waals surface area contributed by atoms with Gasteiger partial charge in [0, 0.05) is 23.4 Å². The van der Waals surface area contributed by atoms with Crippen molar-refractivity contribution in [1.82, 2.24) is 0 Å². The lowest BCUT2D eigenvalue weighted by Crippen LogP contribution is -2.26. The molecule has 3 nitrogen and oxygen atoms in total. The molecule has 1 heterocycles. The molecule has 0 saturated carbocycles. The van der Waals surface area contributed by atoms with Crippen molar-refractivity contribution in [3.05, 3.63) is 29.0 Å². The summed E-state index contributed by atoms with van der Waals surface area (Å²) in [4.78, 5) is 12.7. The maximum Gasteiger partial charge on any atom is 0.198 e. The van der Waals surface area contributed by atoms with Crippen LogP contribution in [0.3, 0.4) is 0 Å². The Morgan fingerprint density at radius 2 is 1.89 bits per heavy atom. The van der Waals surface area contributed by atoms with Gasteiger partial charge in [0.05, 0.1) is 7.11 Å². The first-order chi connectivity index (χ1) is 12.7. The molecule has 0 bridgehead atoms. The van der Waals surface area contributed by atoms with Crippen LogP contribution in [0.2, 0.25) is 0 Å². The molecule has 1 aliphatic carbocycles. The fourth-order valence-corrected chi connectivity index (χ4v) is 4.50. The molecule has 0 fully saturated rings. The zero-order chi connectivity index (χ0) is 19.8. The van der Waals surface area contributed by atoms with Crippen LogP contribution in [0.1, 0.15) is 94.8 Å². The van der Waals surface area contributed by atoms with Crippen molar-refractivity contribution in [3.8, 4) is 5.75 Å². The molecule has 0 N–H and O–H groups in total. The molecular weight excluding hydrogens is 336 g/mol. The lowest BCUT2D eigenvalue weighted by atomic mass is 9.72. The summed E-state index contributed by atoms with van der Waals surface area (Å²) in [5, 5.41) is 1.15. The van der Waals surface area contributed by atoms with Crippen molar-refractivity contribution >= 4 is 16.8 Å². The number of Topliss-reactive ketones (excluding diaryl/α,β-unsaturated/α-hetero) is 1. The Labute approximate surface area is 163 Å². The zero-order valence-electron chi connectivity index (χ0n) is 17.8. The average molecular weight is 371 g/mol. The third kappa shape index (κ3) is 3.93. The van der Waals surface area contributed by atoms with Crippen molar-refractivity contribution in [2.24, 2.45) is 5.41 Å². The first-order valence-electron chi connectivity index (χ1n) is 10.4. The maximum absolute atomic E-state index is 12.7. The number of hydrogen-bond acceptors (Lipinski definition) is 3. The van der Waals surface area contributed by atoms with Gasteiger partial charge in [0.15, 0.2) is 11.5 Å². The number of ether oxygens (including phenoxy) is 1. The minimum Gasteiger partial charge on any atom is -0.497 e. The average Bonchev–Trinajstić information content (AvgIpc) is 2.95. The second-order valence-electron chi connectivity index (χ2n) is 9.59.